The van der Waals surface area contributed by atoms with E-state index in [0.717, 1.165) is 4.47 Å². The highest BCUT2D eigenvalue weighted by Gasteiger charge is 2.12. The van der Waals surface area contributed by atoms with Crippen LogP contribution in [0.25, 0.3) is 0 Å². The van der Waals surface area contributed by atoms with E-state index in [1.165, 1.54) is 12.3 Å². The molecule has 0 unspecified atom stereocenters. The number of phenols is 1. The number of amides is 2. The number of nitrogens with one attached hydrogen (secondary N) is 2. The molecule has 0 aliphatic carbocycles. The number of carbonyl (C=O) groups excluding carboxylic acids is 2. The van der Waals surface area contributed by atoms with E-state index in [2.05, 4.69) is 31.8 Å². The number of ether oxygens (including phenoxy) is 1. The summed E-state index contributed by atoms with van der Waals surface area (Å²) in [5, 5.41) is 15.8. The van der Waals surface area contributed by atoms with E-state index < -0.39 is 11.8 Å². The molecule has 3 N–H and O–H groups in total. The van der Waals surface area contributed by atoms with Crippen molar-refractivity contribution < 1.29 is 19.4 Å². The molecule has 0 fully saturated rings. The summed E-state index contributed by atoms with van der Waals surface area (Å²) in [6.07, 6.45) is 1.34. The molecule has 2 rings (SSSR count). The summed E-state index contributed by atoms with van der Waals surface area (Å²) in [7, 11) is 0. The molecule has 0 radical (unpaired) electrons. The summed E-state index contributed by atoms with van der Waals surface area (Å²) in [6.45, 7) is 2.20. The zero-order valence-electron chi connectivity index (χ0n) is 13.3. The molecule has 130 valence electrons. The van der Waals surface area contributed by atoms with Crippen LogP contribution < -0.4 is 15.5 Å². The summed E-state index contributed by atoms with van der Waals surface area (Å²) < 4.78 is 6.11. The van der Waals surface area contributed by atoms with Crippen molar-refractivity contribution in [2.45, 2.75) is 6.92 Å². The molecule has 2 aromatic carbocycles. The molecule has 2 aromatic rings. The Morgan fingerprint density at radius 2 is 1.92 bits per heavy atom. The number of nitrogens with zero attached hydrogens (tertiary/aromatic N) is 1. The van der Waals surface area contributed by atoms with Gasteiger partial charge < -0.3 is 15.2 Å². The Bertz CT molecular complexity index is 791. The lowest BCUT2D eigenvalue weighted by Gasteiger charge is -2.06. The third-order valence-corrected chi connectivity index (χ3v) is 3.50. The minimum Gasteiger partial charge on any atom is -0.504 e. The second kappa shape index (κ2) is 8.84. The molecular formula is C17H16BrN3O4. The Morgan fingerprint density at radius 3 is 2.60 bits per heavy atom. The highest BCUT2D eigenvalue weighted by molar-refractivity contribution is 9.10. The fourth-order valence-corrected chi connectivity index (χ4v) is 2.08. The molecule has 0 spiro atoms. The normalized spacial score (nSPS) is 10.5. The van der Waals surface area contributed by atoms with E-state index in [4.69, 9.17) is 4.74 Å². The van der Waals surface area contributed by atoms with Crippen LogP contribution in [0.4, 0.5) is 5.69 Å². The molecule has 0 heterocycles. The lowest BCUT2D eigenvalue weighted by atomic mass is 10.2. The summed E-state index contributed by atoms with van der Waals surface area (Å²) in [4.78, 5) is 23.5. The van der Waals surface area contributed by atoms with Gasteiger partial charge in [0.15, 0.2) is 11.5 Å². The lowest BCUT2D eigenvalue weighted by molar-refractivity contribution is -0.136. The van der Waals surface area contributed by atoms with Crippen LogP contribution in [-0.4, -0.2) is 29.7 Å². The van der Waals surface area contributed by atoms with Gasteiger partial charge in [-0.15, -0.1) is 0 Å². The standard InChI is InChI=1S/C17H16BrN3O4/c1-2-25-15-9-11(3-8-14(15)22)10-19-21-17(24)16(23)20-13-6-4-12(18)5-7-13/h3-10,22H,2H2,1H3,(H,20,23)(H,21,24)/b19-10+. The summed E-state index contributed by atoms with van der Waals surface area (Å²) in [5.74, 6) is -1.41. The van der Waals surface area contributed by atoms with Crippen molar-refractivity contribution in [2.75, 3.05) is 11.9 Å². The number of hydrogen-bond acceptors (Lipinski definition) is 5. The fraction of sp³-hybridized carbons (Fsp3) is 0.118. The molecule has 0 saturated carbocycles. The summed E-state index contributed by atoms with van der Waals surface area (Å²) in [6, 6.07) is 11.4. The first-order chi connectivity index (χ1) is 12.0. The maximum absolute atomic E-state index is 11.8. The average Bonchev–Trinajstić information content (AvgIpc) is 2.59. The smallest absolute Gasteiger partial charge is 0.329 e. The first-order valence-corrected chi connectivity index (χ1v) is 8.14. The molecule has 25 heavy (non-hydrogen) atoms. The van der Waals surface area contributed by atoms with Gasteiger partial charge in [-0.05, 0) is 55.0 Å². The van der Waals surface area contributed by atoms with Gasteiger partial charge in [0, 0.05) is 10.2 Å². The van der Waals surface area contributed by atoms with Crippen molar-refractivity contribution >= 4 is 39.6 Å². The Hall–Kier alpha value is -2.87. The van der Waals surface area contributed by atoms with Crippen LogP contribution >= 0.6 is 15.9 Å². The number of aromatic hydroxyl groups is 1. The van der Waals surface area contributed by atoms with Gasteiger partial charge >= 0.3 is 11.8 Å². The molecule has 2 amide bonds. The zero-order valence-corrected chi connectivity index (χ0v) is 14.9. The molecule has 0 bridgehead atoms. The third-order valence-electron chi connectivity index (χ3n) is 2.97. The number of hydrogen-bond donors (Lipinski definition) is 3. The lowest BCUT2D eigenvalue weighted by Crippen LogP contribution is -2.32. The Balaban J connectivity index is 1.92. The monoisotopic (exact) mass is 405 g/mol. The van der Waals surface area contributed by atoms with Crippen LogP contribution in [0.1, 0.15) is 12.5 Å². The van der Waals surface area contributed by atoms with Gasteiger partial charge in [0.2, 0.25) is 0 Å². The van der Waals surface area contributed by atoms with Crippen LogP contribution in [0.5, 0.6) is 11.5 Å². The van der Waals surface area contributed by atoms with E-state index in [1.807, 2.05) is 0 Å². The van der Waals surface area contributed by atoms with Crippen molar-refractivity contribution in [3.63, 3.8) is 0 Å². The number of hydrazone groups is 1. The average molecular weight is 406 g/mol. The van der Waals surface area contributed by atoms with Crippen LogP contribution in [0.2, 0.25) is 0 Å². The molecule has 0 saturated heterocycles. The predicted molar refractivity (Wildman–Crippen MR) is 97.8 cm³/mol. The predicted octanol–water partition coefficient (Wildman–Crippen LogP) is 2.64. The minimum absolute atomic E-state index is 0.0110. The molecule has 0 aliphatic rings. The van der Waals surface area contributed by atoms with Gasteiger partial charge in [-0.3, -0.25) is 9.59 Å². The number of carbonyl (C=O) groups is 2. The first kappa shape index (κ1) is 18.5. The molecule has 8 heteroatoms. The number of halogens is 1. The SMILES string of the molecule is CCOc1cc(/C=N/NC(=O)C(=O)Nc2ccc(Br)cc2)ccc1O. The van der Waals surface area contributed by atoms with E-state index in [1.54, 1.807) is 43.3 Å². The first-order valence-electron chi connectivity index (χ1n) is 7.35. The van der Waals surface area contributed by atoms with Gasteiger partial charge in [-0.1, -0.05) is 15.9 Å². The second-order valence-electron chi connectivity index (χ2n) is 4.82. The van der Waals surface area contributed by atoms with E-state index in [0.29, 0.717) is 23.6 Å². The number of anilines is 1. The van der Waals surface area contributed by atoms with Crippen molar-refractivity contribution in [1.82, 2.24) is 5.43 Å². The molecule has 0 aliphatic heterocycles. The topological polar surface area (TPSA) is 100 Å². The highest BCUT2D eigenvalue weighted by atomic mass is 79.9. The van der Waals surface area contributed by atoms with Crippen LogP contribution in [0.3, 0.4) is 0 Å². The van der Waals surface area contributed by atoms with E-state index in [-0.39, 0.29) is 5.75 Å². The van der Waals surface area contributed by atoms with Gasteiger partial charge in [-0.2, -0.15) is 5.10 Å². The van der Waals surface area contributed by atoms with Gasteiger partial charge in [0.05, 0.1) is 12.8 Å². The third kappa shape index (κ3) is 5.61. The quantitative estimate of drug-likeness (QED) is 0.404. The number of phenolic OH excluding ortho intramolecular Hbond substituents is 1. The Kier molecular flexibility index (Phi) is 6.53. The van der Waals surface area contributed by atoms with Crippen LogP contribution in [0, 0.1) is 0 Å². The van der Waals surface area contributed by atoms with Crippen molar-refractivity contribution in [3.05, 3.63) is 52.5 Å². The largest absolute Gasteiger partial charge is 0.504 e. The van der Waals surface area contributed by atoms with Crippen molar-refractivity contribution in [3.8, 4) is 11.5 Å². The van der Waals surface area contributed by atoms with E-state index in [9.17, 15) is 14.7 Å². The van der Waals surface area contributed by atoms with Gasteiger partial charge in [0.1, 0.15) is 0 Å². The summed E-state index contributed by atoms with van der Waals surface area (Å²) >= 11 is 3.28. The molecule has 0 atom stereocenters. The highest BCUT2D eigenvalue weighted by Crippen LogP contribution is 2.26. The van der Waals surface area contributed by atoms with Gasteiger partial charge in [0.25, 0.3) is 0 Å². The van der Waals surface area contributed by atoms with Gasteiger partial charge in [-0.25, -0.2) is 5.43 Å². The fourth-order valence-electron chi connectivity index (χ4n) is 1.82. The molecule has 7 nitrogen and oxygen atoms in total. The second-order valence-corrected chi connectivity index (χ2v) is 5.74. The Morgan fingerprint density at radius 1 is 1.20 bits per heavy atom. The van der Waals surface area contributed by atoms with Crippen molar-refractivity contribution in [1.29, 1.82) is 0 Å². The zero-order chi connectivity index (χ0) is 18.2. The number of benzene rings is 2. The Labute approximate surface area is 152 Å². The van der Waals surface area contributed by atoms with Crippen LogP contribution in [-0.2, 0) is 9.59 Å². The van der Waals surface area contributed by atoms with Crippen molar-refractivity contribution in [2.24, 2.45) is 5.10 Å². The maximum Gasteiger partial charge on any atom is 0.329 e. The van der Waals surface area contributed by atoms with E-state index >= 15 is 0 Å². The maximum atomic E-state index is 11.8. The number of rotatable bonds is 5. The van der Waals surface area contributed by atoms with Crippen LogP contribution in [0.15, 0.2) is 52.0 Å². The molecular weight excluding hydrogens is 390 g/mol. The minimum atomic E-state index is -0.900. The molecule has 0 aromatic heterocycles. The summed E-state index contributed by atoms with van der Waals surface area (Å²) in [5.41, 5.74) is 3.22.